The van der Waals surface area contributed by atoms with Gasteiger partial charge in [0.2, 0.25) is 11.5 Å². The fourth-order valence-electron chi connectivity index (χ4n) is 2.51. The summed E-state index contributed by atoms with van der Waals surface area (Å²) in [4.78, 5) is 11.3. The molecule has 2 rings (SSSR count). The number of alkyl halides is 3. The molecule has 0 heterocycles. The van der Waals surface area contributed by atoms with Gasteiger partial charge in [-0.25, -0.2) is 0 Å². The number of rotatable bonds is 7. The normalized spacial score (nSPS) is 13.6. The number of amides is 1. The van der Waals surface area contributed by atoms with Gasteiger partial charge in [-0.2, -0.15) is 13.2 Å². The molecule has 0 aliphatic carbocycles. The minimum atomic E-state index is -5.05. The summed E-state index contributed by atoms with van der Waals surface area (Å²) >= 11 is 23.6. The van der Waals surface area contributed by atoms with Gasteiger partial charge in [0, 0.05) is 23.7 Å². The van der Waals surface area contributed by atoms with E-state index in [0.29, 0.717) is 12.0 Å². The Labute approximate surface area is 191 Å². The third-order valence-corrected chi connectivity index (χ3v) is 5.88. The van der Waals surface area contributed by atoms with Gasteiger partial charge in [0.1, 0.15) is 0 Å². The Kier molecular flexibility index (Phi) is 8.15. The maximum Gasteiger partial charge on any atom is 0.423 e. The first kappa shape index (κ1) is 24.9. The molecule has 0 bridgehead atoms. The van der Waals surface area contributed by atoms with Crippen molar-refractivity contribution in [2.45, 2.75) is 31.7 Å². The lowest BCUT2D eigenvalue weighted by Crippen LogP contribution is -2.47. The van der Waals surface area contributed by atoms with Crippen LogP contribution in [-0.4, -0.2) is 23.7 Å². The molecule has 0 aliphatic rings. The molecule has 0 fully saturated rings. The van der Waals surface area contributed by atoms with Crippen LogP contribution in [0.4, 0.5) is 18.9 Å². The van der Waals surface area contributed by atoms with E-state index in [4.69, 9.17) is 46.4 Å². The highest BCUT2D eigenvalue weighted by Crippen LogP contribution is 2.43. The molecule has 0 saturated heterocycles. The SMILES string of the molecule is CCC(=O)NCc1ccc(NC[C@@](O)(c2cc(Cl)c(Cl)c(Cl)c2)C(F)(F)F)cc1Cl. The summed E-state index contributed by atoms with van der Waals surface area (Å²) in [5, 5.41) is 15.4. The largest absolute Gasteiger partial charge is 0.423 e. The number of halogens is 7. The Morgan fingerprint density at radius 2 is 1.63 bits per heavy atom. The number of hydrogen-bond acceptors (Lipinski definition) is 3. The lowest BCUT2D eigenvalue weighted by Gasteiger charge is -2.32. The molecular weight excluding hydrogens is 487 g/mol. The van der Waals surface area contributed by atoms with Crippen LogP contribution in [0.5, 0.6) is 0 Å². The fraction of sp³-hybridized carbons (Fsp3) is 0.316. The molecule has 0 aliphatic heterocycles. The standard InChI is InChI=1S/C19H17Cl4F3N2O2/c1-2-16(29)27-8-10-3-4-12(7-13(10)20)28-9-18(30,19(24,25)26)11-5-14(21)17(23)15(22)6-11/h3-7,28,30H,2,8-9H2,1H3,(H,27,29)/t18-/m1/s1. The summed E-state index contributed by atoms with van der Waals surface area (Å²) in [5.41, 5.74) is -3.04. The number of anilines is 1. The molecule has 0 radical (unpaired) electrons. The first-order valence-electron chi connectivity index (χ1n) is 8.62. The molecule has 4 nitrogen and oxygen atoms in total. The summed E-state index contributed by atoms with van der Waals surface area (Å²) in [6.45, 7) is 0.944. The van der Waals surface area contributed by atoms with Crippen LogP contribution >= 0.6 is 46.4 Å². The molecule has 3 N–H and O–H groups in total. The molecule has 1 amide bonds. The van der Waals surface area contributed by atoms with E-state index in [1.54, 1.807) is 13.0 Å². The zero-order valence-electron chi connectivity index (χ0n) is 15.5. The van der Waals surface area contributed by atoms with E-state index in [9.17, 15) is 23.1 Å². The molecule has 2 aromatic rings. The zero-order valence-corrected chi connectivity index (χ0v) is 18.5. The molecule has 30 heavy (non-hydrogen) atoms. The topological polar surface area (TPSA) is 61.4 Å². The van der Waals surface area contributed by atoms with Crippen molar-refractivity contribution in [1.82, 2.24) is 5.32 Å². The summed E-state index contributed by atoms with van der Waals surface area (Å²) < 4.78 is 41.2. The third-order valence-electron chi connectivity index (χ3n) is 4.33. The van der Waals surface area contributed by atoms with Crippen LogP contribution in [0.3, 0.4) is 0 Å². The summed E-state index contributed by atoms with van der Waals surface area (Å²) in [6.07, 6.45) is -4.74. The molecular formula is C19H17Cl4F3N2O2. The van der Waals surface area contributed by atoms with E-state index < -0.39 is 23.9 Å². The van der Waals surface area contributed by atoms with Gasteiger partial charge in [0.15, 0.2) is 0 Å². The number of carbonyl (C=O) groups excluding carboxylic acids is 1. The highest BCUT2D eigenvalue weighted by Gasteiger charge is 2.55. The Morgan fingerprint density at radius 3 is 2.13 bits per heavy atom. The summed E-state index contributed by atoms with van der Waals surface area (Å²) in [5.74, 6) is -0.163. The monoisotopic (exact) mass is 502 g/mol. The van der Waals surface area contributed by atoms with E-state index in [1.165, 1.54) is 12.1 Å². The molecule has 1 atom stereocenters. The number of aliphatic hydroxyl groups is 1. The van der Waals surface area contributed by atoms with E-state index in [1.807, 2.05) is 0 Å². The van der Waals surface area contributed by atoms with Crippen LogP contribution in [0.2, 0.25) is 20.1 Å². The summed E-state index contributed by atoms with van der Waals surface area (Å²) in [6, 6.07) is 6.27. The second-order valence-electron chi connectivity index (χ2n) is 6.40. The second-order valence-corrected chi connectivity index (χ2v) is 8.00. The number of carbonyl (C=O) groups is 1. The van der Waals surface area contributed by atoms with Gasteiger partial charge in [0.05, 0.1) is 21.6 Å². The first-order chi connectivity index (χ1) is 13.9. The van der Waals surface area contributed by atoms with Gasteiger partial charge in [-0.15, -0.1) is 0 Å². The zero-order chi connectivity index (χ0) is 22.7. The molecule has 11 heteroatoms. The quantitative estimate of drug-likeness (QED) is 0.395. The van der Waals surface area contributed by atoms with Gasteiger partial charge in [0.25, 0.3) is 0 Å². The molecule has 0 saturated carbocycles. The maximum atomic E-state index is 13.7. The average molecular weight is 504 g/mol. The Bertz CT molecular complexity index is 917. The van der Waals surface area contributed by atoms with E-state index in [2.05, 4.69) is 10.6 Å². The molecule has 0 aromatic heterocycles. The lowest BCUT2D eigenvalue weighted by atomic mass is 9.92. The molecule has 0 spiro atoms. The van der Waals surface area contributed by atoms with Crippen molar-refractivity contribution in [3.63, 3.8) is 0 Å². The van der Waals surface area contributed by atoms with Gasteiger partial charge < -0.3 is 15.7 Å². The van der Waals surface area contributed by atoms with Crippen molar-refractivity contribution in [2.75, 3.05) is 11.9 Å². The van der Waals surface area contributed by atoms with Crippen LogP contribution < -0.4 is 10.6 Å². The number of hydrogen-bond donors (Lipinski definition) is 3. The average Bonchev–Trinajstić information content (AvgIpc) is 2.67. The van der Waals surface area contributed by atoms with Crippen molar-refractivity contribution in [3.8, 4) is 0 Å². The van der Waals surface area contributed by atoms with Gasteiger partial charge >= 0.3 is 6.18 Å². The lowest BCUT2D eigenvalue weighted by molar-refractivity contribution is -0.260. The van der Waals surface area contributed by atoms with Gasteiger partial charge in [-0.1, -0.05) is 59.4 Å². The number of benzene rings is 2. The van der Waals surface area contributed by atoms with Gasteiger partial charge in [-0.05, 0) is 35.4 Å². The smallest absolute Gasteiger partial charge is 0.381 e. The molecule has 164 valence electrons. The Morgan fingerprint density at radius 1 is 1.03 bits per heavy atom. The van der Waals surface area contributed by atoms with Crippen molar-refractivity contribution in [2.24, 2.45) is 0 Å². The Balaban J connectivity index is 2.25. The van der Waals surface area contributed by atoms with Crippen LogP contribution in [0.25, 0.3) is 0 Å². The van der Waals surface area contributed by atoms with Crippen LogP contribution in [0.1, 0.15) is 24.5 Å². The van der Waals surface area contributed by atoms with Crippen LogP contribution in [0, 0.1) is 0 Å². The molecule has 0 unspecified atom stereocenters. The first-order valence-corrected chi connectivity index (χ1v) is 10.1. The minimum absolute atomic E-state index is 0.114. The van der Waals surface area contributed by atoms with Crippen molar-refractivity contribution < 1.29 is 23.1 Å². The Hall–Kier alpha value is -1.38. The maximum absolute atomic E-state index is 13.7. The fourth-order valence-corrected chi connectivity index (χ4v) is 3.35. The van der Waals surface area contributed by atoms with Crippen LogP contribution in [0.15, 0.2) is 30.3 Å². The van der Waals surface area contributed by atoms with E-state index in [-0.39, 0.29) is 38.2 Å². The highest BCUT2D eigenvalue weighted by molar-refractivity contribution is 6.48. The van der Waals surface area contributed by atoms with E-state index in [0.717, 1.165) is 12.1 Å². The predicted molar refractivity (Wildman–Crippen MR) is 114 cm³/mol. The third kappa shape index (κ3) is 5.65. The molecule has 2 aromatic carbocycles. The van der Waals surface area contributed by atoms with Crippen molar-refractivity contribution in [1.29, 1.82) is 0 Å². The number of nitrogens with one attached hydrogen (secondary N) is 2. The van der Waals surface area contributed by atoms with E-state index >= 15 is 0 Å². The highest BCUT2D eigenvalue weighted by atomic mass is 35.5. The summed E-state index contributed by atoms with van der Waals surface area (Å²) in [7, 11) is 0. The van der Waals surface area contributed by atoms with Crippen LogP contribution in [-0.2, 0) is 16.9 Å². The van der Waals surface area contributed by atoms with Crippen molar-refractivity contribution >= 4 is 58.0 Å². The second kappa shape index (κ2) is 9.83. The van der Waals surface area contributed by atoms with Crippen molar-refractivity contribution in [3.05, 3.63) is 61.5 Å². The minimum Gasteiger partial charge on any atom is -0.381 e. The van der Waals surface area contributed by atoms with Gasteiger partial charge in [-0.3, -0.25) is 4.79 Å². The predicted octanol–water partition coefficient (Wildman–Crippen LogP) is 6.19.